The maximum absolute atomic E-state index is 10.7. The van der Waals surface area contributed by atoms with E-state index in [0.29, 0.717) is 5.92 Å². The summed E-state index contributed by atoms with van der Waals surface area (Å²) >= 11 is 0. The maximum Gasteiger partial charge on any atom is 0.117 e. The average molecular weight is 264 g/mol. The van der Waals surface area contributed by atoms with Crippen molar-refractivity contribution >= 4 is 8.07 Å². The Morgan fingerprint density at radius 1 is 1.28 bits per heavy atom. The van der Waals surface area contributed by atoms with Gasteiger partial charge in [-0.2, -0.15) is 0 Å². The summed E-state index contributed by atoms with van der Waals surface area (Å²) in [6.07, 6.45) is 6.99. The Bertz CT molecular complexity index is 444. The summed E-state index contributed by atoms with van der Waals surface area (Å²) < 4.78 is 0. The summed E-state index contributed by atoms with van der Waals surface area (Å²) in [7, 11) is -1.42. The average Bonchev–Trinajstić information content (AvgIpc) is 2.46. The molecule has 1 fully saturated rings. The topological polar surface area (TPSA) is 40.5 Å². The third kappa shape index (κ3) is 1.54. The molecule has 0 unspecified atom stereocenters. The van der Waals surface area contributed by atoms with Crippen LogP contribution in [0, 0.1) is 5.92 Å². The molecule has 1 saturated carbocycles. The molecule has 0 aliphatic heterocycles. The lowest BCUT2D eigenvalue weighted by Gasteiger charge is -2.52. The number of aliphatic hydroxyl groups excluding tert-OH is 1. The summed E-state index contributed by atoms with van der Waals surface area (Å²) in [6.45, 7) is 6.98. The molecule has 3 aliphatic carbocycles. The van der Waals surface area contributed by atoms with Gasteiger partial charge in [0.05, 0.1) is 8.07 Å². The molecular formula is C15H24O2Si. The van der Waals surface area contributed by atoms with E-state index in [9.17, 15) is 10.2 Å². The molecule has 0 saturated heterocycles. The van der Waals surface area contributed by atoms with Crippen LogP contribution in [-0.4, -0.2) is 30.0 Å². The quantitative estimate of drug-likeness (QED) is 0.715. The molecule has 100 valence electrons. The molecule has 18 heavy (non-hydrogen) atoms. The summed E-state index contributed by atoms with van der Waals surface area (Å²) in [6, 6.07) is 0. The highest BCUT2D eigenvalue weighted by molar-refractivity contribution is 6.84. The Morgan fingerprint density at radius 2 is 2.00 bits per heavy atom. The van der Waals surface area contributed by atoms with E-state index in [2.05, 4.69) is 25.7 Å². The fraction of sp³-hybridized carbons (Fsp3) is 0.733. The van der Waals surface area contributed by atoms with Gasteiger partial charge in [0.15, 0.2) is 0 Å². The van der Waals surface area contributed by atoms with Crippen molar-refractivity contribution in [2.75, 3.05) is 0 Å². The second-order valence-corrected chi connectivity index (χ2v) is 12.2. The lowest BCUT2D eigenvalue weighted by molar-refractivity contribution is -0.0664. The van der Waals surface area contributed by atoms with Gasteiger partial charge < -0.3 is 10.2 Å². The fourth-order valence-electron chi connectivity index (χ4n) is 4.07. The van der Waals surface area contributed by atoms with E-state index in [1.54, 1.807) is 0 Å². The molecule has 3 rings (SSSR count). The van der Waals surface area contributed by atoms with Gasteiger partial charge in [-0.25, -0.2) is 0 Å². The lowest BCUT2D eigenvalue weighted by Crippen LogP contribution is -2.58. The second-order valence-electron chi connectivity index (χ2n) is 7.20. The standard InChI is InChI=1S/C15H24O2Si/c1-18(2,3)11-8-7-10-6-4-5-9-15(17)13(10)12(11)14(15)16/h8,10,14,16-17H,4-7,9H2,1-3H3/t10-,14-,15+/m1/s1. The zero-order valence-corrected chi connectivity index (χ0v) is 12.7. The Morgan fingerprint density at radius 3 is 2.67 bits per heavy atom. The highest BCUT2D eigenvalue weighted by Gasteiger charge is 2.57. The van der Waals surface area contributed by atoms with Gasteiger partial charge >= 0.3 is 0 Å². The van der Waals surface area contributed by atoms with Crippen molar-refractivity contribution in [3.05, 3.63) is 22.4 Å². The van der Waals surface area contributed by atoms with E-state index in [-0.39, 0.29) is 0 Å². The van der Waals surface area contributed by atoms with Gasteiger partial charge in [0.2, 0.25) is 0 Å². The summed E-state index contributed by atoms with van der Waals surface area (Å²) in [4.78, 5) is 0. The molecule has 0 aromatic rings. The molecule has 0 aromatic carbocycles. The minimum atomic E-state index is -1.42. The molecule has 0 aromatic heterocycles. The first-order chi connectivity index (χ1) is 8.36. The summed E-state index contributed by atoms with van der Waals surface area (Å²) in [5.41, 5.74) is 1.47. The molecule has 3 aliphatic rings. The minimum absolute atomic E-state index is 0.496. The molecule has 3 heteroatoms. The number of rotatable bonds is 1. The molecule has 0 amide bonds. The molecule has 0 spiro atoms. The molecule has 0 heterocycles. The van der Waals surface area contributed by atoms with Crippen LogP contribution in [-0.2, 0) is 0 Å². The third-order valence-electron chi connectivity index (χ3n) is 4.96. The first-order valence-electron chi connectivity index (χ1n) is 7.21. The van der Waals surface area contributed by atoms with Crippen molar-refractivity contribution in [2.24, 2.45) is 5.92 Å². The van der Waals surface area contributed by atoms with Gasteiger partial charge in [0, 0.05) is 0 Å². The highest BCUT2D eigenvalue weighted by Crippen LogP contribution is 2.56. The van der Waals surface area contributed by atoms with Gasteiger partial charge in [-0.3, -0.25) is 0 Å². The largest absolute Gasteiger partial charge is 0.385 e. The van der Waals surface area contributed by atoms with Gasteiger partial charge in [-0.15, -0.1) is 0 Å². The van der Waals surface area contributed by atoms with Crippen LogP contribution in [0.25, 0.3) is 0 Å². The smallest absolute Gasteiger partial charge is 0.117 e. The number of hydrogen-bond donors (Lipinski definition) is 2. The molecule has 0 bridgehead atoms. The van der Waals surface area contributed by atoms with Crippen molar-refractivity contribution in [1.29, 1.82) is 0 Å². The van der Waals surface area contributed by atoms with Gasteiger partial charge in [-0.05, 0) is 36.3 Å². The summed E-state index contributed by atoms with van der Waals surface area (Å²) in [5.74, 6) is 0.496. The summed E-state index contributed by atoms with van der Waals surface area (Å²) in [5, 5.41) is 22.6. The normalized spacial score (nSPS) is 39.7. The molecule has 0 radical (unpaired) electrons. The third-order valence-corrected chi connectivity index (χ3v) is 7.05. The Balaban J connectivity index is 2.09. The van der Waals surface area contributed by atoms with E-state index in [1.165, 1.54) is 23.6 Å². The monoisotopic (exact) mass is 264 g/mol. The van der Waals surface area contributed by atoms with E-state index in [4.69, 9.17) is 0 Å². The van der Waals surface area contributed by atoms with Crippen LogP contribution >= 0.6 is 0 Å². The molecule has 2 N–H and O–H groups in total. The van der Waals surface area contributed by atoms with Crippen LogP contribution in [0.15, 0.2) is 22.4 Å². The van der Waals surface area contributed by atoms with Gasteiger partial charge in [0.1, 0.15) is 11.7 Å². The second kappa shape index (κ2) is 3.81. The molecule has 2 nitrogen and oxygen atoms in total. The van der Waals surface area contributed by atoms with Crippen LogP contribution in [0.5, 0.6) is 0 Å². The van der Waals surface area contributed by atoms with Crippen LogP contribution in [0.2, 0.25) is 19.6 Å². The number of aliphatic hydroxyl groups is 2. The van der Waals surface area contributed by atoms with E-state index < -0.39 is 19.8 Å². The van der Waals surface area contributed by atoms with Crippen molar-refractivity contribution in [1.82, 2.24) is 0 Å². The van der Waals surface area contributed by atoms with E-state index in [1.807, 2.05) is 0 Å². The number of allylic oxidation sites excluding steroid dienone is 1. The maximum atomic E-state index is 10.7. The SMILES string of the molecule is C[Si](C)(C)C1=CC[C@H]2CCCC[C@]3(O)C2=C1[C@H]3O. The van der Waals surface area contributed by atoms with Crippen molar-refractivity contribution < 1.29 is 10.2 Å². The zero-order chi connectivity index (χ0) is 13.1. The Kier molecular flexibility index (Phi) is 2.68. The van der Waals surface area contributed by atoms with Crippen molar-refractivity contribution in [2.45, 2.75) is 63.5 Å². The highest BCUT2D eigenvalue weighted by atomic mass is 28.3. The first kappa shape index (κ1) is 12.6. The zero-order valence-electron chi connectivity index (χ0n) is 11.7. The Hall–Kier alpha value is -0.383. The molecular weight excluding hydrogens is 240 g/mol. The predicted octanol–water partition coefficient (Wildman–Crippen LogP) is 2.79. The van der Waals surface area contributed by atoms with Crippen LogP contribution in [0.3, 0.4) is 0 Å². The number of hydrogen-bond acceptors (Lipinski definition) is 2. The van der Waals surface area contributed by atoms with E-state index in [0.717, 1.165) is 24.8 Å². The lowest BCUT2D eigenvalue weighted by atomic mass is 9.62. The fourth-order valence-corrected chi connectivity index (χ4v) is 5.88. The van der Waals surface area contributed by atoms with Crippen LogP contribution < -0.4 is 0 Å². The van der Waals surface area contributed by atoms with Crippen molar-refractivity contribution in [3.8, 4) is 0 Å². The minimum Gasteiger partial charge on any atom is -0.385 e. The molecule has 3 atom stereocenters. The predicted molar refractivity (Wildman–Crippen MR) is 76.0 cm³/mol. The van der Waals surface area contributed by atoms with Crippen molar-refractivity contribution in [3.63, 3.8) is 0 Å². The van der Waals surface area contributed by atoms with E-state index >= 15 is 0 Å². The Labute approximate surface area is 110 Å². The van der Waals surface area contributed by atoms with Crippen LogP contribution in [0.1, 0.15) is 32.1 Å². The van der Waals surface area contributed by atoms with Crippen LogP contribution in [0.4, 0.5) is 0 Å². The first-order valence-corrected chi connectivity index (χ1v) is 10.7. The van der Waals surface area contributed by atoms with Gasteiger partial charge in [-0.1, -0.05) is 43.8 Å². The van der Waals surface area contributed by atoms with Gasteiger partial charge in [0.25, 0.3) is 0 Å².